The van der Waals surface area contributed by atoms with Gasteiger partial charge in [0, 0.05) is 5.56 Å². The largest absolute Gasteiger partial charge is 0.271 e. The summed E-state index contributed by atoms with van der Waals surface area (Å²) in [6.45, 7) is 2.58. The Morgan fingerprint density at radius 1 is 1.26 bits per heavy atom. The highest BCUT2D eigenvalue weighted by atomic mass is 35.5. The van der Waals surface area contributed by atoms with Crippen molar-refractivity contribution in [3.05, 3.63) is 63.0 Å². The second-order valence-corrected chi connectivity index (χ2v) is 4.93. The van der Waals surface area contributed by atoms with Crippen LogP contribution in [0.15, 0.2) is 41.3 Å². The van der Waals surface area contributed by atoms with E-state index in [1.165, 1.54) is 4.68 Å². The summed E-state index contributed by atoms with van der Waals surface area (Å²) in [6, 6.07) is 9.82. The predicted molar refractivity (Wildman–Crippen MR) is 77.7 cm³/mol. The summed E-state index contributed by atoms with van der Waals surface area (Å²) >= 11 is 6.06. The van der Waals surface area contributed by atoms with Gasteiger partial charge >= 0.3 is 0 Å². The summed E-state index contributed by atoms with van der Waals surface area (Å²) in [4.78, 5) is 12.3. The zero-order valence-electron chi connectivity index (χ0n) is 11.0. The van der Waals surface area contributed by atoms with E-state index in [4.69, 9.17) is 11.6 Å². The average molecular weight is 277 g/mol. The van der Waals surface area contributed by atoms with Crippen LogP contribution in [0.4, 0.5) is 0 Å². The molecule has 0 aliphatic rings. The van der Waals surface area contributed by atoms with Crippen molar-refractivity contribution in [2.75, 3.05) is 0 Å². The van der Waals surface area contributed by atoms with Gasteiger partial charge in [0.1, 0.15) is 0 Å². The first-order chi connectivity index (χ1) is 9.22. The lowest BCUT2D eigenvalue weighted by Crippen LogP contribution is -2.26. The summed E-state index contributed by atoms with van der Waals surface area (Å²) in [5.74, 6) is 0. The SMILES string of the molecule is CCCCc1c(Cl)cnn(Cc2ccccc2)c1=O. The first-order valence-electron chi connectivity index (χ1n) is 6.50. The Hall–Kier alpha value is -1.61. The molecule has 100 valence electrons. The minimum absolute atomic E-state index is 0.0789. The van der Waals surface area contributed by atoms with Gasteiger partial charge in [-0.1, -0.05) is 55.3 Å². The number of rotatable bonds is 5. The van der Waals surface area contributed by atoms with Gasteiger partial charge in [0.2, 0.25) is 0 Å². The Morgan fingerprint density at radius 3 is 2.68 bits per heavy atom. The summed E-state index contributed by atoms with van der Waals surface area (Å²) in [6.07, 6.45) is 4.28. The zero-order chi connectivity index (χ0) is 13.7. The second kappa shape index (κ2) is 6.53. The quantitative estimate of drug-likeness (QED) is 0.840. The Bertz CT molecular complexity index is 593. The zero-order valence-corrected chi connectivity index (χ0v) is 11.7. The van der Waals surface area contributed by atoms with Crippen LogP contribution in [-0.2, 0) is 13.0 Å². The molecule has 0 fully saturated rings. The van der Waals surface area contributed by atoms with Gasteiger partial charge in [0.25, 0.3) is 5.56 Å². The van der Waals surface area contributed by atoms with Gasteiger partial charge in [0.05, 0.1) is 17.8 Å². The average Bonchev–Trinajstić information content (AvgIpc) is 2.43. The normalized spacial score (nSPS) is 10.6. The monoisotopic (exact) mass is 276 g/mol. The van der Waals surface area contributed by atoms with Crippen LogP contribution in [0, 0.1) is 0 Å². The molecule has 0 radical (unpaired) electrons. The van der Waals surface area contributed by atoms with Crippen molar-refractivity contribution in [3.8, 4) is 0 Å². The van der Waals surface area contributed by atoms with Crippen LogP contribution in [0.25, 0.3) is 0 Å². The number of aromatic nitrogens is 2. The van der Waals surface area contributed by atoms with Crippen LogP contribution in [-0.4, -0.2) is 9.78 Å². The lowest BCUT2D eigenvalue weighted by atomic mass is 10.1. The molecule has 0 saturated carbocycles. The van der Waals surface area contributed by atoms with Gasteiger partial charge in [0.15, 0.2) is 0 Å². The van der Waals surface area contributed by atoms with E-state index in [1.54, 1.807) is 6.20 Å². The summed E-state index contributed by atoms with van der Waals surface area (Å²) in [5, 5.41) is 4.59. The fourth-order valence-corrected chi connectivity index (χ4v) is 2.18. The van der Waals surface area contributed by atoms with Crippen LogP contribution in [0.5, 0.6) is 0 Å². The molecule has 0 atom stereocenters. The van der Waals surface area contributed by atoms with Crippen LogP contribution in [0.3, 0.4) is 0 Å². The molecule has 3 nitrogen and oxygen atoms in total. The molecule has 0 saturated heterocycles. The molecular formula is C15H17ClN2O. The first kappa shape index (κ1) is 13.8. The standard InChI is InChI=1S/C15H17ClN2O/c1-2-3-9-13-14(16)10-17-18(15(13)19)11-12-7-5-4-6-8-12/h4-8,10H,2-3,9,11H2,1H3. The van der Waals surface area contributed by atoms with Crippen molar-refractivity contribution in [1.29, 1.82) is 0 Å². The lowest BCUT2D eigenvalue weighted by Gasteiger charge is -2.08. The van der Waals surface area contributed by atoms with E-state index in [2.05, 4.69) is 12.0 Å². The van der Waals surface area contributed by atoms with Crippen LogP contribution in [0.2, 0.25) is 5.02 Å². The van der Waals surface area contributed by atoms with Crippen molar-refractivity contribution in [3.63, 3.8) is 0 Å². The molecule has 4 heteroatoms. The van der Waals surface area contributed by atoms with E-state index in [0.29, 0.717) is 23.6 Å². The Balaban J connectivity index is 2.29. The molecule has 0 N–H and O–H groups in total. The number of benzene rings is 1. The third-order valence-electron chi connectivity index (χ3n) is 3.05. The minimum atomic E-state index is -0.0789. The second-order valence-electron chi connectivity index (χ2n) is 4.52. The maximum Gasteiger partial charge on any atom is 0.271 e. The molecule has 0 aliphatic carbocycles. The number of hydrogen-bond acceptors (Lipinski definition) is 2. The lowest BCUT2D eigenvalue weighted by molar-refractivity contribution is 0.624. The molecule has 0 spiro atoms. The van der Waals surface area contributed by atoms with E-state index in [-0.39, 0.29) is 5.56 Å². The maximum absolute atomic E-state index is 12.3. The van der Waals surface area contributed by atoms with Gasteiger partial charge in [-0.2, -0.15) is 5.10 Å². The van der Waals surface area contributed by atoms with E-state index in [0.717, 1.165) is 18.4 Å². The van der Waals surface area contributed by atoms with E-state index in [1.807, 2.05) is 30.3 Å². The predicted octanol–water partition coefficient (Wildman–Crippen LogP) is 3.29. The highest BCUT2D eigenvalue weighted by Gasteiger charge is 2.09. The Labute approximate surface area is 117 Å². The molecule has 0 unspecified atom stereocenters. The number of nitrogens with zero attached hydrogens (tertiary/aromatic N) is 2. The van der Waals surface area contributed by atoms with Crippen molar-refractivity contribution in [2.24, 2.45) is 0 Å². The highest BCUT2D eigenvalue weighted by molar-refractivity contribution is 6.31. The third-order valence-corrected chi connectivity index (χ3v) is 3.37. The summed E-state index contributed by atoms with van der Waals surface area (Å²) < 4.78 is 1.48. The number of unbranched alkanes of at least 4 members (excludes halogenated alkanes) is 1. The molecule has 1 aromatic heterocycles. The minimum Gasteiger partial charge on any atom is -0.267 e. The van der Waals surface area contributed by atoms with Crippen molar-refractivity contribution < 1.29 is 0 Å². The van der Waals surface area contributed by atoms with Gasteiger partial charge in [-0.3, -0.25) is 4.79 Å². The van der Waals surface area contributed by atoms with Gasteiger partial charge in [-0.15, -0.1) is 0 Å². The van der Waals surface area contributed by atoms with Gasteiger partial charge in [-0.05, 0) is 18.4 Å². The van der Waals surface area contributed by atoms with Crippen molar-refractivity contribution in [2.45, 2.75) is 32.7 Å². The van der Waals surface area contributed by atoms with Crippen LogP contribution in [0.1, 0.15) is 30.9 Å². The Morgan fingerprint density at radius 2 is 2.00 bits per heavy atom. The molecule has 0 amide bonds. The fourth-order valence-electron chi connectivity index (χ4n) is 1.96. The van der Waals surface area contributed by atoms with E-state index in [9.17, 15) is 4.79 Å². The van der Waals surface area contributed by atoms with Gasteiger partial charge < -0.3 is 0 Å². The first-order valence-corrected chi connectivity index (χ1v) is 6.88. The topological polar surface area (TPSA) is 34.9 Å². The van der Waals surface area contributed by atoms with E-state index < -0.39 is 0 Å². The molecule has 1 aromatic carbocycles. The van der Waals surface area contributed by atoms with Crippen molar-refractivity contribution >= 4 is 11.6 Å². The molecule has 19 heavy (non-hydrogen) atoms. The number of halogens is 1. The number of hydrogen-bond donors (Lipinski definition) is 0. The van der Waals surface area contributed by atoms with Crippen molar-refractivity contribution in [1.82, 2.24) is 9.78 Å². The molecule has 0 bridgehead atoms. The molecule has 2 aromatic rings. The molecule has 1 heterocycles. The smallest absolute Gasteiger partial charge is 0.267 e. The third kappa shape index (κ3) is 3.44. The van der Waals surface area contributed by atoms with Crippen LogP contribution >= 0.6 is 11.6 Å². The molecular weight excluding hydrogens is 260 g/mol. The van der Waals surface area contributed by atoms with Gasteiger partial charge in [-0.25, -0.2) is 4.68 Å². The van der Waals surface area contributed by atoms with E-state index >= 15 is 0 Å². The highest BCUT2D eigenvalue weighted by Crippen LogP contribution is 2.12. The maximum atomic E-state index is 12.3. The van der Waals surface area contributed by atoms with Crippen LogP contribution < -0.4 is 5.56 Å². The summed E-state index contributed by atoms with van der Waals surface area (Å²) in [7, 11) is 0. The Kier molecular flexibility index (Phi) is 4.74. The fraction of sp³-hybridized carbons (Fsp3) is 0.333. The molecule has 0 aliphatic heterocycles. The summed E-state index contributed by atoms with van der Waals surface area (Å²) in [5.41, 5.74) is 1.65. The molecule has 2 rings (SSSR count).